The number of benzene rings is 1. The van der Waals surface area contributed by atoms with Crippen LogP contribution in [0.2, 0.25) is 0 Å². The van der Waals surface area contributed by atoms with Gasteiger partial charge in [0.25, 0.3) is 0 Å². The van der Waals surface area contributed by atoms with E-state index in [1.165, 1.54) is 0 Å². The summed E-state index contributed by atoms with van der Waals surface area (Å²) in [6.07, 6.45) is 2.48. The van der Waals surface area contributed by atoms with Crippen molar-refractivity contribution in [2.24, 2.45) is 0 Å². The molecule has 64 valence electrons. The number of carbonyl (C=O) groups is 1. The number of carbonyl (C=O) groups excluding carboxylic acids is 1. The average molecular weight is 283 g/mol. The van der Waals surface area contributed by atoms with Gasteiger partial charge in [0.1, 0.15) is 5.69 Å². The normalized spacial score (nSPS) is 10.2. The Morgan fingerprint density at radius 2 is 2.08 bits per heavy atom. The van der Waals surface area contributed by atoms with Crippen LogP contribution in [0.1, 0.15) is 10.5 Å². The average Bonchev–Trinajstić information content (AvgIpc) is 2.16. The largest absolute Gasteiger partial charge is 0.296 e. The Hall–Kier alpha value is -0.970. The van der Waals surface area contributed by atoms with Crippen molar-refractivity contribution in [3.05, 3.63) is 39.7 Å². The number of pyridine rings is 1. The van der Waals surface area contributed by atoms with Gasteiger partial charge in [0.2, 0.25) is 0 Å². The molecule has 0 radical (unpaired) electrons. The number of aromatic nitrogens is 1. The molecule has 0 aliphatic rings. The molecular formula is C10H6INO. The summed E-state index contributed by atoms with van der Waals surface area (Å²) >= 11 is 2.24. The Morgan fingerprint density at radius 1 is 1.23 bits per heavy atom. The summed E-state index contributed by atoms with van der Waals surface area (Å²) in [4.78, 5) is 14.5. The number of fused-ring (bicyclic) bond motifs is 1. The SMILES string of the molecule is O=Cc1cc2cc(I)ccc2cn1. The summed E-state index contributed by atoms with van der Waals surface area (Å²) in [6.45, 7) is 0. The van der Waals surface area contributed by atoms with Gasteiger partial charge >= 0.3 is 0 Å². The maximum absolute atomic E-state index is 10.5. The van der Waals surface area contributed by atoms with E-state index in [9.17, 15) is 4.79 Å². The van der Waals surface area contributed by atoms with Gasteiger partial charge in [-0.25, -0.2) is 0 Å². The fourth-order valence-electron chi connectivity index (χ4n) is 1.19. The van der Waals surface area contributed by atoms with Crippen LogP contribution in [0.15, 0.2) is 30.5 Å². The van der Waals surface area contributed by atoms with Crippen LogP contribution in [0.5, 0.6) is 0 Å². The van der Waals surface area contributed by atoms with Crippen molar-refractivity contribution >= 4 is 39.6 Å². The number of hydrogen-bond acceptors (Lipinski definition) is 2. The standard InChI is InChI=1S/C10H6INO/c11-9-2-1-7-5-12-10(6-13)4-8(7)3-9/h1-6H. The van der Waals surface area contributed by atoms with Gasteiger partial charge in [-0.05, 0) is 46.2 Å². The quantitative estimate of drug-likeness (QED) is 0.595. The molecule has 0 saturated carbocycles. The lowest BCUT2D eigenvalue weighted by molar-refractivity contribution is 0.111. The molecule has 0 saturated heterocycles. The summed E-state index contributed by atoms with van der Waals surface area (Å²) in [5.74, 6) is 0. The van der Waals surface area contributed by atoms with Gasteiger partial charge in [-0.15, -0.1) is 0 Å². The number of aldehydes is 1. The molecule has 0 aliphatic carbocycles. The van der Waals surface area contributed by atoms with Crippen molar-refractivity contribution in [1.29, 1.82) is 0 Å². The zero-order valence-corrected chi connectivity index (χ0v) is 8.86. The van der Waals surface area contributed by atoms with Crippen molar-refractivity contribution < 1.29 is 4.79 Å². The molecule has 0 aliphatic heterocycles. The minimum atomic E-state index is 0.481. The Morgan fingerprint density at radius 3 is 2.85 bits per heavy atom. The number of hydrogen-bond donors (Lipinski definition) is 0. The highest BCUT2D eigenvalue weighted by atomic mass is 127. The highest BCUT2D eigenvalue weighted by Gasteiger charge is 1.96. The maximum Gasteiger partial charge on any atom is 0.168 e. The Bertz CT molecular complexity index is 467. The predicted octanol–water partition coefficient (Wildman–Crippen LogP) is 2.65. The summed E-state index contributed by atoms with van der Waals surface area (Å²) < 4.78 is 1.16. The van der Waals surface area contributed by atoms with Gasteiger partial charge in [0.05, 0.1) is 0 Å². The molecule has 0 bridgehead atoms. The lowest BCUT2D eigenvalue weighted by Crippen LogP contribution is -1.86. The van der Waals surface area contributed by atoms with Crippen LogP contribution in [-0.4, -0.2) is 11.3 Å². The van der Waals surface area contributed by atoms with Gasteiger partial charge < -0.3 is 0 Å². The molecule has 2 nitrogen and oxygen atoms in total. The third-order valence-corrected chi connectivity index (χ3v) is 2.50. The minimum Gasteiger partial charge on any atom is -0.296 e. The van der Waals surface area contributed by atoms with Gasteiger partial charge in [0.15, 0.2) is 6.29 Å². The molecule has 0 unspecified atom stereocenters. The van der Waals surface area contributed by atoms with Gasteiger partial charge in [-0.3, -0.25) is 9.78 Å². The van der Waals surface area contributed by atoms with Crippen LogP contribution in [0.25, 0.3) is 10.8 Å². The van der Waals surface area contributed by atoms with Crippen LogP contribution >= 0.6 is 22.6 Å². The van der Waals surface area contributed by atoms with Gasteiger partial charge in [0, 0.05) is 15.2 Å². The molecule has 1 heterocycles. The number of rotatable bonds is 1. The van der Waals surface area contributed by atoms with E-state index in [4.69, 9.17) is 0 Å². The van der Waals surface area contributed by atoms with Crippen molar-refractivity contribution in [3.63, 3.8) is 0 Å². The second-order valence-corrected chi connectivity index (χ2v) is 3.96. The molecule has 1 aromatic heterocycles. The third-order valence-electron chi connectivity index (χ3n) is 1.83. The molecule has 3 heteroatoms. The predicted molar refractivity (Wildman–Crippen MR) is 59.8 cm³/mol. The fraction of sp³-hybridized carbons (Fsp3) is 0. The van der Waals surface area contributed by atoms with Crippen LogP contribution in [0.3, 0.4) is 0 Å². The first-order valence-electron chi connectivity index (χ1n) is 3.80. The summed E-state index contributed by atoms with van der Waals surface area (Å²) in [6, 6.07) is 7.85. The smallest absolute Gasteiger partial charge is 0.168 e. The van der Waals surface area contributed by atoms with E-state index in [-0.39, 0.29) is 0 Å². The molecule has 0 N–H and O–H groups in total. The van der Waals surface area contributed by atoms with Gasteiger partial charge in [-0.2, -0.15) is 0 Å². The monoisotopic (exact) mass is 283 g/mol. The lowest BCUT2D eigenvalue weighted by atomic mass is 10.1. The second kappa shape index (κ2) is 3.41. The Labute approximate surface area is 89.1 Å². The topological polar surface area (TPSA) is 30.0 Å². The van der Waals surface area contributed by atoms with Crippen LogP contribution in [0, 0.1) is 3.57 Å². The molecule has 0 fully saturated rings. The zero-order valence-electron chi connectivity index (χ0n) is 6.70. The summed E-state index contributed by atoms with van der Waals surface area (Å²) in [7, 11) is 0. The van der Waals surface area contributed by atoms with Crippen molar-refractivity contribution in [3.8, 4) is 0 Å². The molecule has 13 heavy (non-hydrogen) atoms. The van der Waals surface area contributed by atoms with Crippen molar-refractivity contribution in [2.45, 2.75) is 0 Å². The van der Waals surface area contributed by atoms with Crippen molar-refractivity contribution in [2.75, 3.05) is 0 Å². The minimum absolute atomic E-state index is 0.481. The Balaban J connectivity index is 2.74. The molecule has 0 amide bonds. The van der Waals surface area contributed by atoms with Crippen LogP contribution in [-0.2, 0) is 0 Å². The van der Waals surface area contributed by atoms with Crippen molar-refractivity contribution in [1.82, 2.24) is 4.98 Å². The first kappa shape index (κ1) is 8.62. The molecule has 1 aromatic carbocycles. The molecular weight excluding hydrogens is 277 g/mol. The molecule has 0 atom stereocenters. The van der Waals surface area contributed by atoms with Crippen LogP contribution in [0.4, 0.5) is 0 Å². The second-order valence-electron chi connectivity index (χ2n) is 2.72. The lowest BCUT2D eigenvalue weighted by Gasteiger charge is -1.98. The first-order valence-corrected chi connectivity index (χ1v) is 4.88. The van der Waals surface area contributed by atoms with E-state index in [0.29, 0.717) is 5.69 Å². The van der Waals surface area contributed by atoms with E-state index >= 15 is 0 Å². The van der Waals surface area contributed by atoms with E-state index in [1.54, 1.807) is 12.3 Å². The van der Waals surface area contributed by atoms with E-state index < -0.39 is 0 Å². The summed E-state index contributed by atoms with van der Waals surface area (Å²) in [5.41, 5.74) is 0.481. The third kappa shape index (κ3) is 1.70. The van der Waals surface area contributed by atoms with E-state index in [1.807, 2.05) is 18.2 Å². The fourth-order valence-corrected chi connectivity index (χ4v) is 1.71. The first-order chi connectivity index (χ1) is 6.29. The summed E-state index contributed by atoms with van der Waals surface area (Å²) in [5, 5.41) is 2.12. The zero-order chi connectivity index (χ0) is 9.26. The van der Waals surface area contributed by atoms with Gasteiger partial charge in [-0.1, -0.05) is 6.07 Å². The van der Waals surface area contributed by atoms with Crippen LogP contribution < -0.4 is 0 Å². The van der Waals surface area contributed by atoms with E-state index in [2.05, 4.69) is 27.6 Å². The molecule has 2 aromatic rings. The Kier molecular flexibility index (Phi) is 2.26. The number of halogens is 1. The highest BCUT2D eigenvalue weighted by Crippen LogP contribution is 2.16. The molecule has 2 rings (SSSR count). The maximum atomic E-state index is 10.5. The molecule has 0 spiro atoms. The highest BCUT2D eigenvalue weighted by molar-refractivity contribution is 14.1. The number of nitrogens with zero attached hydrogens (tertiary/aromatic N) is 1. The van der Waals surface area contributed by atoms with E-state index in [0.717, 1.165) is 20.6 Å².